The van der Waals surface area contributed by atoms with Crippen molar-refractivity contribution >= 4 is 17.0 Å². The summed E-state index contributed by atoms with van der Waals surface area (Å²) in [7, 11) is 0. The number of likely N-dealkylation sites (tertiary alicyclic amines) is 1. The zero-order valence-corrected chi connectivity index (χ0v) is 16.2. The highest BCUT2D eigenvalue weighted by molar-refractivity contribution is 5.78. The molecule has 5 rings (SSSR count). The van der Waals surface area contributed by atoms with Crippen LogP contribution in [0.5, 0.6) is 0 Å². The number of aromatic nitrogens is 2. The van der Waals surface area contributed by atoms with E-state index in [2.05, 4.69) is 46.3 Å². The number of para-hydroxylation sites is 1. The maximum atomic E-state index is 12.5. The summed E-state index contributed by atoms with van der Waals surface area (Å²) in [4.78, 5) is 19.6. The molecule has 1 fully saturated rings. The molecule has 2 atom stereocenters. The Kier molecular flexibility index (Phi) is 4.36. The molecule has 0 saturated carbocycles. The van der Waals surface area contributed by atoms with Gasteiger partial charge in [-0.2, -0.15) is 0 Å². The quantitative estimate of drug-likeness (QED) is 0.697. The fourth-order valence-electron chi connectivity index (χ4n) is 5.06. The van der Waals surface area contributed by atoms with Gasteiger partial charge in [-0.15, -0.1) is 0 Å². The molecular formula is C24H25N3O. The van der Waals surface area contributed by atoms with Crippen LogP contribution in [0.2, 0.25) is 0 Å². The third-order valence-electron chi connectivity index (χ3n) is 6.10. The molecule has 0 radical (unpaired) electrons. The van der Waals surface area contributed by atoms with E-state index in [-0.39, 0.29) is 5.56 Å². The SMILES string of the molecule is CC=Cc1ccc(=O)n2c1C1CC(CN(Cc3cnc4ccccc4c3)C1)C2. The molecule has 1 aromatic carbocycles. The molecular weight excluding hydrogens is 346 g/mol. The average molecular weight is 371 g/mol. The fraction of sp³-hybridized carbons (Fsp3) is 0.333. The highest BCUT2D eigenvalue weighted by Gasteiger charge is 2.35. The van der Waals surface area contributed by atoms with E-state index in [1.807, 2.05) is 29.8 Å². The number of pyridine rings is 2. The van der Waals surface area contributed by atoms with Gasteiger partial charge >= 0.3 is 0 Å². The average Bonchev–Trinajstić information content (AvgIpc) is 2.70. The summed E-state index contributed by atoms with van der Waals surface area (Å²) >= 11 is 0. The van der Waals surface area contributed by atoms with Crippen LogP contribution in [0.4, 0.5) is 0 Å². The first-order chi connectivity index (χ1) is 13.7. The highest BCUT2D eigenvalue weighted by atomic mass is 16.1. The lowest BCUT2D eigenvalue weighted by atomic mass is 9.81. The number of hydrogen-bond acceptors (Lipinski definition) is 3. The minimum absolute atomic E-state index is 0.144. The normalized spacial score (nSPS) is 21.9. The van der Waals surface area contributed by atoms with Gasteiger partial charge in [-0.25, -0.2) is 0 Å². The molecule has 142 valence electrons. The predicted molar refractivity (Wildman–Crippen MR) is 113 cm³/mol. The van der Waals surface area contributed by atoms with Crippen LogP contribution < -0.4 is 5.56 Å². The summed E-state index contributed by atoms with van der Waals surface area (Å²) in [5, 5.41) is 1.20. The molecule has 2 aliphatic rings. The number of benzene rings is 1. The molecule has 0 amide bonds. The van der Waals surface area contributed by atoms with E-state index in [0.717, 1.165) is 31.7 Å². The largest absolute Gasteiger partial charge is 0.311 e. The molecule has 2 aliphatic heterocycles. The monoisotopic (exact) mass is 371 g/mol. The third-order valence-corrected chi connectivity index (χ3v) is 6.10. The molecule has 3 aromatic rings. The van der Waals surface area contributed by atoms with Gasteiger partial charge in [0.15, 0.2) is 0 Å². The van der Waals surface area contributed by atoms with Crippen LogP contribution in [0.3, 0.4) is 0 Å². The van der Waals surface area contributed by atoms with Gasteiger partial charge in [0.1, 0.15) is 0 Å². The van der Waals surface area contributed by atoms with E-state index in [4.69, 9.17) is 0 Å². The maximum absolute atomic E-state index is 12.5. The molecule has 1 saturated heterocycles. The Morgan fingerprint density at radius 3 is 2.93 bits per heavy atom. The van der Waals surface area contributed by atoms with Gasteiger partial charge in [-0.05, 0) is 48.6 Å². The fourth-order valence-corrected chi connectivity index (χ4v) is 5.06. The minimum Gasteiger partial charge on any atom is -0.311 e. The number of fused-ring (bicyclic) bond motifs is 5. The Balaban J connectivity index is 1.44. The van der Waals surface area contributed by atoms with E-state index < -0.39 is 0 Å². The van der Waals surface area contributed by atoms with Crippen molar-refractivity contribution in [1.82, 2.24) is 14.5 Å². The molecule has 2 bridgehead atoms. The molecule has 2 unspecified atom stereocenters. The summed E-state index contributed by atoms with van der Waals surface area (Å²) in [5.74, 6) is 0.958. The second kappa shape index (κ2) is 7.02. The maximum Gasteiger partial charge on any atom is 0.250 e. The second-order valence-corrected chi connectivity index (χ2v) is 8.15. The molecule has 2 aromatic heterocycles. The molecule has 0 spiro atoms. The lowest BCUT2D eigenvalue weighted by molar-refractivity contribution is 0.114. The van der Waals surface area contributed by atoms with Gasteiger partial charge in [-0.3, -0.25) is 14.7 Å². The van der Waals surface area contributed by atoms with E-state index >= 15 is 0 Å². The summed E-state index contributed by atoms with van der Waals surface area (Å²) < 4.78 is 2.03. The van der Waals surface area contributed by atoms with Gasteiger partial charge in [0.05, 0.1) is 5.52 Å². The predicted octanol–water partition coefficient (Wildman–Crippen LogP) is 4.05. The van der Waals surface area contributed by atoms with Crippen LogP contribution in [0.1, 0.15) is 36.1 Å². The Morgan fingerprint density at radius 1 is 1.14 bits per heavy atom. The van der Waals surface area contributed by atoms with E-state index in [1.165, 1.54) is 28.6 Å². The van der Waals surface area contributed by atoms with Crippen LogP contribution in [0, 0.1) is 5.92 Å². The Hall–Kier alpha value is -2.72. The van der Waals surface area contributed by atoms with Crippen molar-refractivity contribution in [2.45, 2.75) is 32.4 Å². The molecule has 4 heteroatoms. The van der Waals surface area contributed by atoms with Crippen LogP contribution in [-0.2, 0) is 13.1 Å². The summed E-state index contributed by atoms with van der Waals surface area (Å²) in [5.41, 5.74) is 4.87. The van der Waals surface area contributed by atoms with Gasteiger partial charge in [0.25, 0.3) is 5.56 Å². The Labute approximate surface area is 165 Å². The van der Waals surface area contributed by atoms with E-state index in [0.29, 0.717) is 11.8 Å². The first-order valence-corrected chi connectivity index (χ1v) is 10.1. The van der Waals surface area contributed by atoms with Gasteiger partial charge < -0.3 is 4.57 Å². The standard InChI is InChI=1S/C24H25N3O/c1-2-5-19-8-9-23(28)27-15-18-11-21(24(19)27)16-26(14-18)13-17-10-20-6-3-4-7-22(20)25-12-17/h2-10,12,18,21H,11,13-16H2,1H3. The number of nitrogens with zero attached hydrogens (tertiary/aromatic N) is 3. The zero-order valence-electron chi connectivity index (χ0n) is 16.2. The van der Waals surface area contributed by atoms with Crippen molar-refractivity contribution in [3.8, 4) is 0 Å². The van der Waals surface area contributed by atoms with Crippen molar-refractivity contribution in [1.29, 1.82) is 0 Å². The lowest BCUT2D eigenvalue weighted by Gasteiger charge is -2.43. The van der Waals surface area contributed by atoms with E-state index in [1.54, 1.807) is 6.07 Å². The highest BCUT2D eigenvalue weighted by Crippen LogP contribution is 2.37. The summed E-state index contributed by atoms with van der Waals surface area (Å²) in [6, 6.07) is 14.2. The van der Waals surface area contributed by atoms with E-state index in [9.17, 15) is 4.79 Å². The molecule has 28 heavy (non-hydrogen) atoms. The Morgan fingerprint density at radius 2 is 2.04 bits per heavy atom. The van der Waals surface area contributed by atoms with Crippen molar-refractivity contribution in [3.05, 3.63) is 81.9 Å². The number of hydrogen-bond donors (Lipinski definition) is 0. The Bertz CT molecular complexity index is 1110. The molecule has 4 heterocycles. The lowest BCUT2D eigenvalue weighted by Crippen LogP contribution is -2.47. The third kappa shape index (κ3) is 3.08. The number of allylic oxidation sites excluding steroid dienone is 1. The molecule has 4 nitrogen and oxygen atoms in total. The van der Waals surface area contributed by atoms with Gasteiger partial charge in [0, 0.05) is 55.4 Å². The topological polar surface area (TPSA) is 38.1 Å². The smallest absolute Gasteiger partial charge is 0.250 e. The van der Waals surface area contributed by atoms with Crippen molar-refractivity contribution in [3.63, 3.8) is 0 Å². The van der Waals surface area contributed by atoms with Gasteiger partial charge in [0.2, 0.25) is 0 Å². The first kappa shape index (κ1) is 17.4. The van der Waals surface area contributed by atoms with Crippen LogP contribution >= 0.6 is 0 Å². The van der Waals surface area contributed by atoms with Crippen LogP contribution in [0.15, 0.2) is 59.5 Å². The second-order valence-electron chi connectivity index (χ2n) is 8.15. The minimum atomic E-state index is 0.144. The van der Waals surface area contributed by atoms with Crippen molar-refractivity contribution < 1.29 is 0 Å². The van der Waals surface area contributed by atoms with Crippen molar-refractivity contribution in [2.75, 3.05) is 13.1 Å². The number of piperidine rings is 1. The van der Waals surface area contributed by atoms with Crippen LogP contribution in [-0.4, -0.2) is 27.5 Å². The molecule has 0 N–H and O–H groups in total. The zero-order chi connectivity index (χ0) is 19.1. The van der Waals surface area contributed by atoms with Gasteiger partial charge in [-0.1, -0.05) is 30.4 Å². The molecule has 0 aliphatic carbocycles. The number of rotatable bonds is 3. The van der Waals surface area contributed by atoms with Crippen molar-refractivity contribution in [2.24, 2.45) is 5.92 Å². The first-order valence-electron chi connectivity index (χ1n) is 10.1. The summed E-state index contributed by atoms with van der Waals surface area (Å²) in [6.45, 7) is 5.83. The summed E-state index contributed by atoms with van der Waals surface area (Å²) in [6.07, 6.45) is 7.39. The van der Waals surface area contributed by atoms with Crippen LogP contribution in [0.25, 0.3) is 17.0 Å².